The van der Waals surface area contributed by atoms with Gasteiger partial charge in [0, 0.05) is 31.7 Å². The van der Waals surface area contributed by atoms with Crippen molar-refractivity contribution < 1.29 is 0 Å². The van der Waals surface area contributed by atoms with Gasteiger partial charge in [0.2, 0.25) is 0 Å². The molecule has 102 valence electrons. The lowest BCUT2D eigenvalue weighted by Crippen LogP contribution is -2.53. The second-order valence-corrected chi connectivity index (χ2v) is 6.27. The van der Waals surface area contributed by atoms with Gasteiger partial charge < -0.3 is 4.90 Å². The Morgan fingerprint density at radius 1 is 0.882 bits per heavy atom. The fourth-order valence-electron chi connectivity index (χ4n) is 2.73. The molecule has 0 radical (unpaired) electrons. The van der Waals surface area contributed by atoms with Crippen molar-refractivity contribution >= 4 is 0 Å². The third-order valence-corrected chi connectivity index (χ3v) is 4.25. The van der Waals surface area contributed by atoms with E-state index in [1.54, 1.807) is 0 Å². The summed E-state index contributed by atoms with van der Waals surface area (Å²) in [4.78, 5) is 5.13. The number of hydrogen-bond donors (Lipinski definition) is 0. The number of rotatable bonds is 7. The van der Waals surface area contributed by atoms with Gasteiger partial charge in [-0.3, -0.25) is 4.90 Å². The van der Waals surface area contributed by atoms with Crippen molar-refractivity contribution in [1.82, 2.24) is 9.80 Å². The smallest absolute Gasteiger partial charge is 0.0154 e. The van der Waals surface area contributed by atoms with E-state index < -0.39 is 0 Å². The SMILES string of the molecule is CCCCCCCC(C)(C)N1CCN(C)CC1. The molecule has 0 aromatic rings. The highest BCUT2D eigenvalue weighted by Crippen LogP contribution is 2.23. The Morgan fingerprint density at radius 3 is 2.06 bits per heavy atom. The average Bonchev–Trinajstić information content (AvgIpc) is 2.29. The molecule has 0 N–H and O–H groups in total. The summed E-state index contributed by atoms with van der Waals surface area (Å²) in [7, 11) is 2.23. The van der Waals surface area contributed by atoms with E-state index in [-0.39, 0.29) is 0 Å². The van der Waals surface area contributed by atoms with Gasteiger partial charge in [-0.15, -0.1) is 0 Å². The van der Waals surface area contributed by atoms with Crippen LogP contribution in [0.2, 0.25) is 0 Å². The van der Waals surface area contributed by atoms with Crippen LogP contribution in [-0.4, -0.2) is 48.6 Å². The lowest BCUT2D eigenvalue weighted by atomic mass is 9.93. The number of piperazine rings is 1. The molecule has 0 aliphatic carbocycles. The van der Waals surface area contributed by atoms with Crippen molar-refractivity contribution in [3.8, 4) is 0 Å². The topological polar surface area (TPSA) is 6.48 Å². The molecule has 0 amide bonds. The first-order valence-electron chi connectivity index (χ1n) is 7.50. The van der Waals surface area contributed by atoms with Crippen molar-refractivity contribution in [3.05, 3.63) is 0 Å². The van der Waals surface area contributed by atoms with Gasteiger partial charge in [-0.25, -0.2) is 0 Å². The molecule has 1 aliphatic heterocycles. The predicted molar refractivity (Wildman–Crippen MR) is 76.5 cm³/mol. The van der Waals surface area contributed by atoms with Crippen LogP contribution in [0.1, 0.15) is 59.3 Å². The summed E-state index contributed by atoms with van der Waals surface area (Å²) in [5.41, 5.74) is 0.410. The third-order valence-electron chi connectivity index (χ3n) is 4.25. The van der Waals surface area contributed by atoms with E-state index in [1.165, 1.54) is 64.7 Å². The van der Waals surface area contributed by atoms with Crippen LogP contribution >= 0.6 is 0 Å². The Kier molecular flexibility index (Phi) is 6.50. The van der Waals surface area contributed by atoms with Crippen LogP contribution in [0.15, 0.2) is 0 Å². The molecular formula is C15H32N2. The molecule has 0 bridgehead atoms. The van der Waals surface area contributed by atoms with Gasteiger partial charge in [0.1, 0.15) is 0 Å². The minimum Gasteiger partial charge on any atom is -0.304 e. The highest BCUT2D eigenvalue weighted by molar-refractivity contribution is 4.84. The Balaban J connectivity index is 2.20. The van der Waals surface area contributed by atoms with Crippen LogP contribution < -0.4 is 0 Å². The summed E-state index contributed by atoms with van der Waals surface area (Å²) in [6.45, 7) is 12.1. The summed E-state index contributed by atoms with van der Waals surface area (Å²) in [5.74, 6) is 0. The molecule has 0 aromatic heterocycles. The lowest BCUT2D eigenvalue weighted by molar-refractivity contribution is 0.0550. The quantitative estimate of drug-likeness (QED) is 0.630. The molecule has 1 fully saturated rings. The van der Waals surface area contributed by atoms with E-state index in [1.807, 2.05) is 0 Å². The van der Waals surface area contributed by atoms with E-state index in [0.29, 0.717) is 5.54 Å². The first kappa shape index (κ1) is 15.0. The highest BCUT2D eigenvalue weighted by atomic mass is 15.3. The molecule has 0 atom stereocenters. The Morgan fingerprint density at radius 2 is 1.47 bits per heavy atom. The molecule has 0 aromatic carbocycles. The second kappa shape index (κ2) is 7.38. The van der Waals surface area contributed by atoms with Gasteiger partial charge in [-0.05, 0) is 27.3 Å². The summed E-state index contributed by atoms with van der Waals surface area (Å²) >= 11 is 0. The Labute approximate surface area is 108 Å². The summed E-state index contributed by atoms with van der Waals surface area (Å²) in [6.07, 6.45) is 8.37. The minimum atomic E-state index is 0.410. The van der Waals surface area contributed by atoms with Crippen LogP contribution in [0, 0.1) is 0 Å². The second-order valence-electron chi connectivity index (χ2n) is 6.27. The summed E-state index contributed by atoms with van der Waals surface area (Å²) in [5, 5.41) is 0. The van der Waals surface area contributed by atoms with Crippen LogP contribution in [0.25, 0.3) is 0 Å². The van der Waals surface area contributed by atoms with E-state index in [4.69, 9.17) is 0 Å². The summed E-state index contributed by atoms with van der Waals surface area (Å²) < 4.78 is 0. The van der Waals surface area contributed by atoms with Crippen molar-refractivity contribution in [2.75, 3.05) is 33.2 Å². The maximum atomic E-state index is 2.69. The van der Waals surface area contributed by atoms with E-state index in [0.717, 1.165) is 0 Å². The monoisotopic (exact) mass is 240 g/mol. The van der Waals surface area contributed by atoms with E-state index in [9.17, 15) is 0 Å². The molecule has 1 saturated heterocycles. The van der Waals surface area contributed by atoms with Crippen LogP contribution in [0.5, 0.6) is 0 Å². The van der Waals surface area contributed by atoms with Gasteiger partial charge >= 0.3 is 0 Å². The van der Waals surface area contributed by atoms with Gasteiger partial charge in [0.25, 0.3) is 0 Å². The van der Waals surface area contributed by atoms with Crippen molar-refractivity contribution in [2.45, 2.75) is 64.8 Å². The van der Waals surface area contributed by atoms with Crippen LogP contribution in [0.3, 0.4) is 0 Å². The molecule has 2 heteroatoms. The summed E-state index contributed by atoms with van der Waals surface area (Å²) in [6, 6.07) is 0. The van der Waals surface area contributed by atoms with E-state index in [2.05, 4.69) is 37.6 Å². The average molecular weight is 240 g/mol. The normalized spacial score (nSPS) is 19.8. The lowest BCUT2D eigenvalue weighted by Gasteiger charge is -2.43. The standard InChI is InChI=1S/C15H32N2/c1-5-6-7-8-9-10-15(2,3)17-13-11-16(4)12-14-17/h5-14H2,1-4H3. The van der Waals surface area contributed by atoms with Gasteiger partial charge in [-0.1, -0.05) is 39.0 Å². The molecule has 0 spiro atoms. The minimum absolute atomic E-state index is 0.410. The fraction of sp³-hybridized carbons (Fsp3) is 1.00. The molecule has 0 unspecified atom stereocenters. The van der Waals surface area contributed by atoms with Crippen molar-refractivity contribution in [3.63, 3.8) is 0 Å². The predicted octanol–water partition coefficient (Wildman–Crippen LogP) is 3.37. The zero-order chi connectivity index (χ0) is 12.7. The first-order chi connectivity index (χ1) is 8.06. The molecule has 17 heavy (non-hydrogen) atoms. The van der Waals surface area contributed by atoms with Crippen molar-refractivity contribution in [1.29, 1.82) is 0 Å². The Hall–Kier alpha value is -0.0800. The molecule has 1 heterocycles. The first-order valence-corrected chi connectivity index (χ1v) is 7.50. The van der Waals surface area contributed by atoms with Gasteiger partial charge in [-0.2, -0.15) is 0 Å². The van der Waals surface area contributed by atoms with Crippen LogP contribution in [0.4, 0.5) is 0 Å². The van der Waals surface area contributed by atoms with Crippen LogP contribution in [-0.2, 0) is 0 Å². The third kappa shape index (κ3) is 5.39. The number of unbranched alkanes of at least 4 members (excludes halogenated alkanes) is 4. The molecule has 2 nitrogen and oxygen atoms in total. The van der Waals surface area contributed by atoms with Crippen molar-refractivity contribution in [2.24, 2.45) is 0 Å². The maximum Gasteiger partial charge on any atom is 0.0154 e. The molecule has 1 aliphatic rings. The molecule has 1 rings (SSSR count). The number of hydrogen-bond acceptors (Lipinski definition) is 2. The zero-order valence-electron chi connectivity index (χ0n) is 12.5. The largest absolute Gasteiger partial charge is 0.304 e. The molecule has 0 saturated carbocycles. The fourth-order valence-corrected chi connectivity index (χ4v) is 2.73. The maximum absolute atomic E-state index is 2.69. The van der Waals surface area contributed by atoms with E-state index >= 15 is 0 Å². The highest BCUT2D eigenvalue weighted by Gasteiger charge is 2.28. The zero-order valence-corrected chi connectivity index (χ0v) is 12.5. The number of likely N-dealkylation sites (N-methyl/N-ethyl adjacent to an activating group) is 1. The molecular weight excluding hydrogens is 208 g/mol. The van der Waals surface area contributed by atoms with Gasteiger partial charge in [0.15, 0.2) is 0 Å². The van der Waals surface area contributed by atoms with Gasteiger partial charge in [0.05, 0.1) is 0 Å². The number of nitrogens with zero attached hydrogens (tertiary/aromatic N) is 2. The Bertz CT molecular complexity index is 193.